The maximum absolute atomic E-state index is 12.6. The van der Waals surface area contributed by atoms with Gasteiger partial charge in [-0.3, -0.25) is 9.79 Å². The number of carbonyl (C=O) groups is 1. The molecule has 2 aliphatic rings. The molecule has 0 radical (unpaired) electrons. The van der Waals surface area contributed by atoms with Gasteiger partial charge < -0.3 is 20.3 Å². The Balaban J connectivity index is 0.00000341. The molecule has 3 rings (SSSR count). The number of ether oxygens (including phenoxy) is 1. The number of nitrogens with one attached hydrogen (secondary N) is 2. The van der Waals surface area contributed by atoms with Crippen molar-refractivity contribution in [3.8, 4) is 0 Å². The van der Waals surface area contributed by atoms with Gasteiger partial charge in [0.2, 0.25) is 0 Å². The minimum absolute atomic E-state index is 0. The normalized spacial score (nSPS) is 17.7. The summed E-state index contributed by atoms with van der Waals surface area (Å²) < 4.78 is 5.97. The van der Waals surface area contributed by atoms with Crippen molar-refractivity contribution in [1.29, 1.82) is 0 Å². The summed E-state index contributed by atoms with van der Waals surface area (Å²) in [5, 5.41) is 6.69. The number of halogens is 1. The maximum Gasteiger partial charge on any atom is 0.253 e. The summed E-state index contributed by atoms with van der Waals surface area (Å²) in [5.74, 6) is 0.947. The highest BCUT2D eigenvalue weighted by atomic mass is 127. The number of hydrogen-bond acceptors (Lipinski definition) is 3. The summed E-state index contributed by atoms with van der Waals surface area (Å²) >= 11 is 0. The van der Waals surface area contributed by atoms with Crippen molar-refractivity contribution in [2.75, 3.05) is 33.3 Å². The zero-order valence-corrected chi connectivity index (χ0v) is 21.2. The van der Waals surface area contributed by atoms with Gasteiger partial charge in [-0.2, -0.15) is 0 Å². The van der Waals surface area contributed by atoms with Crippen LogP contribution in [0.5, 0.6) is 0 Å². The Morgan fingerprint density at radius 2 is 1.71 bits per heavy atom. The minimum atomic E-state index is 0. The minimum Gasteiger partial charge on any atom is -0.378 e. The van der Waals surface area contributed by atoms with E-state index in [9.17, 15) is 4.79 Å². The van der Waals surface area contributed by atoms with Crippen molar-refractivity contribution in [3.05, 3.63) is 35.4 Å². The molecule has 6 nitrogen and oxygen atoms in total. The fraction of sp³-hybridized carbons (Fsp3) is 0.667. The number of carbonyl (C=O) groups excluding carboxylic acids is 1. The van der Waals surface area contributed by atoms with Crippen LogP contribution in [0.4, 0.5) is 0 Å². The highest BCUT2D eigenvalue weighted by Gasteiger charge is 2.18. The van der Waals surface area contributed by atoms with Crippen molar-refractivity contribution in [1.82, 2.24) is 15.5 Å². The third kappa shape index (κ3) is 8.96. The van der Waals surface area contributed by atoms with Crippen LogP contribution in [0.25, 0.3) is 0 Å². The molecular weight excluding hydrogens is 503 g/mol. The lowest BCUT2D eigenvalue weighted by Crippen LogP contribution is -2.37. The van der Waals surface area contributed by atoms with E-state index >= 15 is 0 Å². The Morgan fingerprint density at radius 1 is 1.03 bits per heavy atom. The van der Waals surface area contributed by atoms with Gasteiger partial charge >= 0.3 is 0 Å². The molecule has 0 aromatic heterocycles. The van der Waals surface area contributed by atoms with Gasteiger partial charge in [0.1, 0.15) is 0 Å². The molecule has 1 aliphatic carbocycles. The molecule has 2 N–H and O–H groups in total. The topological polar surface area (TPSA) is 66.0 Å². The predicted octanol–water partition coefficient (Wildman–Crippen LogP) is 4.34. The van der Waals surface area contributed by atoms with Crippen LogP contribution in [0.3, 0.4) is 0 Å². The first-order valence-corrected chi connectivity index (χ1v) is 11.7. The van der Waals surface area contributed by atoms with Gasteiger partial charge in [-0.15, -0.1) is 24.0 Å². The molecule has 0 unspecified atom stereocenters. The van der Waals surface area contributed by atoms with E-state index in [1.54, 1.807) is 7.05 Å². The number of amides is 1. The molecule has 31 heavy (non-hydrogen) atoms. The second-order valence-electron chi connectivity index (χ2n) is 8.39. The summed E-state index contributed by atoms with van der Waals surface area (Å²) in [6, 6.07) is 7.92. The fourth-order valence-electron chi connectivity index (χ4n) is 4.21. The summed E-state index contributed by atoms with van der Waals surface area (Å²) in [6.45, 7) is 4.10. The van der Waals surface area contributed by atoms with Gasteiger partial charge in [0.25, 0.3) is 5.91 Å². The van der Waals surface area contributed by atoms with Crippen LogP contribution >= 0.6 is 24.0 Å². The number of hydrogen-bond donors (Lipinski definition) is 2. The van der Waals surface area contributed by atoms with Crippen LogP contribution in [-0.2, 0) is 11.3 Å². The lowest BCUT2D eigenvalue weighted by atomic mass is 9.98. The van der Waals surface area contributed by atoms with Crippen molar-refractivity contribution >= 4 is 35.8 Å². The van der Waals surface area contributed by atoms with Gasteiger partial charge in [-0.25, -0.2) is 0 Å². The van der Waals surface area contributed by atoms with E-state index in [0.717, 1.165) is 62.6 Å². The number of benzene rings is 1. The Morgan fingerprint density at radius 3 is 2.39 bits per heavy atom. The molecule has 1 heterocycles. The second-order valence-corrected chi connectivity index (χ2v) is 8.39. The molecule has 2 fully saturated rings. The lowest BCUT2D eigenvalue weighted by Gasteiger charge is -2.26. The molecule has 1 aromatic rings. The van der Waals surface area contributed by atoms with Gasteiger partial charge in [0.15, 0.2) is 5.96 Å². The van der Waals surface area contributed by atoms with Gasteiger partial charge in [-0.1, -0.05) is 31.4 Å². The summed E-state index contributed by atoms with van der Waals surface area (Å²) in [4.78, 5) is 18.8. The summed E-state index contributed by atoms with van der Waals surface area (Å²) in [6.07, 6.45) is 11.3. The Kier molecular flexibility index (Phi) is 12.3. The van der Waals surface area contributed by atoms with Crippen molar-refractivity contribution in [2.24, 2.45) is 4.99 Å². The molecular formula is C24H39IN4O2. The number of nitrogens with zero attached hydrogens (tertiary/aromatic N) is 2. The number of likely N-dealkylation sites (tertiary alicyclic amines) is 1. The molecule has 0 bridgehead atoms. The third-order valence-electron chi connectivity index (χ3n) is 6.05. The smallest absolute Gasteiger partial charge is 0.253 e. The zero-order chi connectivity index (χ0) is 21.0. The Hall–Kier alpha value is -1.35. The van der Waals surface area contributed by atoms with E-state index in [1.165, 1.54) is 38.5 Å². The van der Waals surface area contributed by atoms with Gasteiger partial charge in [0, 0.05) is 45.4 Å². The summed E-state index contributed by atoms with van der Waals surface area (Å²) in [5.41, 5.74) is 1.91. The van der Waals surface area contributed by atoms with Crippen molar-refractivity contribution in [2.45, 2.75) is 70.4 Å². The van der Waals surface area contributed by atoms with E-state index in [4.69, 9.17) is 4.74 Å². The average molecular weight is 543 g/mol. The van der Waals surface area contributed by atoms with E-state index in [-0.39, 0.29) is 29.9 Å². The standard InChI is InChI=1S/C24H38N4O2.HI/c1-25-24(26-15-8-18-30-22-9-4-2-5-10-22)27-19-20-11-13-21(14-12-20)23(29)28-16-6-3-7-17-28;/h11-14,22H,2-10,15-19H2,1H3,(H2,25,26,27);1H. The van der Waals surface area contributed by atoms with Gasteiger partial charge in [0.05, 0.1) is 6.10 Å². The number of guanidine groups is 1. The highest BCUT2D eigenvalue weighted by molar-refractivity contribution is 14.0. The SMILES string of the molecule is CN=C(NCCCOC1CCCCC1)NCc1ccc(C(=O)N2CCCCC2)cc1.I. The van der Waals surface area contributed by atoms with Crippen LogP contribution in [-0.4, -0.2) is 56.2 Å². The van der Waals surface area contributed by atoms with Crippen LogP contribution in [0.15, 0.2) is 29.3 Å². The van der Waals surface area contributed by atoms with Crippen LogP contribution < -0.4 is 10.6 Å². The first kappa shape index (κ1) is 25.9. The van der Waals surface area contributed by atoms with Crippen molar-refractivity contribution < 1.29 is 9.53 Å². The van der Waals surface area contributed by atoms with Crippen LogP contribution in [0.2, 0.25) is 0 Å². The van der Waals surface area contributed by atoms with E-state index in [1.807, 2.05) is 29.2 Å². The first-order chi connectivity index (χ1) is 14.8. The molecule has 0 atom stereocenters. The largest absolute Gasteiger partial charge is 0.378 e. The lowest BCUT2D eigenvalue weighted by molar-refractivity contribution is 0.0277. The predicted molar refractivity (Wildman–Crippen MR) is 137 cm³/mol. The number of rotatable bonds is 8. The number of aliphatic imine (C=N–C) groups is 1. The van der Waals surface area contributed by atoms with E-state index in [0.29, 0.717) is 12.6 Å². The molecule has 1 amide bonds. The second kappa shape index (κ2) is 14.7. The molecule has 174 valence electrons. The van der Waals surface area contributed by atoms with Crippen LogP contribution in [0.1, 0.15) is 73.7 Å². The highest BCUT2D eigenvalue weighted by Crippen LogP contribution is 2.20. The average Bonchev–Trinajstić information content (AvgIpc) is 2.82. The monoisotopic (exact) mass is 542 g/mol. The molecule has 1 saturated carbocycles. The third-order valence-corrected chi connectivity index (χ3v) is 6.05. The molecule has 7 heteroatoms. The Labute approximate surface area is 204 Å². The Bertz CT molecular complexity index is 669. The zero-order valence-electron chi connectivity index (χ0n) is 18.9. The quantitative estimate of drug-likeness (QED) is 0.222. The first-order valence-electron chi connectivity index (χ1n) is 11.7. The van der Waals surface area contributed by atoms with Crippen molar-refractivity contribution in [3.63, 3.8) is 0 Å². The van der Waals surface area contributed by atoms with E-state index < -0.39 is 0 Å². The van der Waals surface area contributed by atoms with Crippen LogP contribution in [0, 0.1) is 0 Å². The maximum atomic E-state index is 12.6. The fourth-order valence-corrected chi connectivity index (χ4v) is 4.21. The molecule has 1 aromatic carbocycles. The number of piperidine rings is 1. The molecule has 1 aliphatic heterocycles. The van der Waals surface area contributed by atoms with Gasteiger partial charge in [-0.05, 0) is 56.2 Å². The molecule has 1 saturated heterocycles. The summed E-state index contributed by atoms with van der Waals surface area (Å²) in [7, 11) is 1.79. The molecule has 0 spiro atoms. The van der Waals surface area contributed by atoms with E-state index in [2.05, 4.69) is 15.6 Å².